The zero-order valence-electron chi connectivity index (χ0n) is 11.8. The molecule has 0 saturated carbocycles. The minimum Gasteiger partial charge on any atom is -0.393 e. The summed E-state index contributed by atoms with van der Waals surface area (Å²) in [6.45, 7) is 3.81. The number of para-hydroxylation sites is 1. The highest BCUT2D eigenvalue weighted by atomic mass is 32.1. The van der Waals surface area contributed by atoms with E-state index in [9.17, 15) is 0 Å². The van der Waals surface area contributed by atoms with Crippen molar-refractivity contribution >= 4 is 22.9 Å². The van der Waals surface area contributed by atoms with Crippen LogP contribution in [0.25, 0.3) is 0 Å². The third kappa shape index (κ3) is 4.35. The van der Waals surface area contributed by atoms with Crippen molar-refractivity contribution in [3.05, 3.63) is 65.7 Å². The quantitative estimate of drug-likeness (QED) is 0.821. The van der Waals surface area contributed by atoms with E-state index in [1.807, 2.05) is 6.07 Å². The van der Waals surface area contributed by atoms with E-state index in [0.29, 0.717) is 4.99 Å². The number of rotatable bonds is 6. The van der Waals surface area contributed by atoms with Gasteiger partial charge in [0.25, 0.3) is 0 Å². The van der Waals surface area contributed by atoms with Crippen molar-refractivity contribution in [3.8, 4) is 0 Å². The van der Waals surface area contributed by atoms with E-state index >= 15 is 0 Å². The summed E-state index contributed by atoms with van der Waals surface area (Å²) >= 11 is 5.00. The maximum Gasteiger partial charge on any atom is 0.0745 e. The number of hydrogen-bond donors (Lipinski definition) is 1. The van der Waals surface area contributed by atoms with Gasteiger partial charge in [0.15, 0.2) is 0 Å². The summed E-state index contributed by atoms with van der Waals surface area (Å²) in [4.78, 5) is 2.87. The molecule has 0 heterocycles. The minimum atomic E-state index is 0.565. The summed E-state index contributed by atoms with van der Waals surface area (Å²) in [5.74, 6) is 0. The lowest BCUT2D eigenvalue weighted by Crippen LogP contribution is -2.27. The number of nitrogens with zero attached hydrogens (tertiary/aromatic N) is 1. The molecule has 0 radical (unpaired) electrons. The Bertz CT molecular complexity index is 549. The van der Waals surface area contributed by atoms with Crippen LogP contribution in [0.2, 0.25) is 0 Å². The Morgan fingerprint density at radius 2 is 1.70 bits per heavy atom. The summed E-state index contributed by atoms with van der Waals surface area (Å²) in [6, 6.07) is 19.0. The maximum absolute atomic E-state index is 5.64. The molecule has 0 fully saturated rings. The maximum atomic E-state index is 5.64. The van der Waals surface area contributed by atoms with E-state index in [2.05, 4.69) is 60.4 Å². The Kier molecular flexibility index (Phi) is 5.13. The molecule has 0 spiro atoms. The molecule has 2 aromatic rings. The van der Waals surface area contributed by atoms with Crippen LogP contribution in [-0.2, 0) is 6.54 Å². The van der Waals surface area contributed by atoms with Gasteiger partial charge in [-0.05, 0) is 24.6 Å². The monoisotopic (exact) mass is 284 g/mol. The zero-order chi connectivity index (χ0) is 14.4. The van der Waals surface area contributed by atoms with Crippen molar-refractivity contribution in [1.29, 1.82) is 0 Å². The summed E-state index contributed by atoms with van der Waals surface area (Å²) in [5, 5.41) is 0. The van der Waals surface area contributed by atoms with E-state index < -0.39 is 0 Å². The molecule has 2 nitrogen and oxygen atoms in total. The van der Waals surface area contributed by atoms with Crippen molar-refractivity contribution in [2.45, 2.75) is 19.9 Å². The van der Waals surface area contributed by atoms with Gasteiger partial charge < -0.3 is 10.6 Å². The summed E-state index contributed by atoms with van der Waals surface area (Å²) < 4.78 is 0. The Morgan fingerprint density at radius 3 is 2.30 bits per heavy atom. The molecule has 0 saturated heterocycles. The van der Waals surface area contributed by atoms with E-state index in [-0.39, 0.29) is 0 Å². The molecule has 0 bridgehead atoms. The minimum absolute atomic E-state index is 0.565. The molecule has 2 N–H and O–H groups in total. The molecular weight excluding hydrogens is 264 g/mol. The molecule has 3 heteroatoms. The first-order valence-electron chi connectivity index (χ1n) is 6.79. The molecular formula is C17H20N2S. The fraction of sp³-hybridized carbons (Fsp3) is 0.235. The first-order chi connectivity index (χ1) is 9.65. The second kappa shape index (κ2) is 7.06. The van der Waals surface area contributed by atoms with Gasteiger partial charge in [-0.3, -0.25) is 0 Å². The van der Waals surface area contributed by atoms with E-state index in [1.54, 1.807) is 0 Å². The topological polar surface area (TPSA) is 29.3 Å². The smallest absolute Gasteiger partial charge is 0.0745 e. The fourth-order valence-corrected chi connectivity index (χ4v) is 2.19. The number of aryl methyl sites for hydroxylation is 1. The van der Waals surface area contributed by atoms with E-state index in [1.165, 1.54) is 16.8 Å². The first-order valence-corrected chi connectivity index (χ1v) is 7.20. The largest absolute Gasteiger partial charge is 0.393 e. The highest BCUT2D eigenvalue weighted by Crippen LogP contribution is 2.17. The number of nitrogens with two attached hydrogens (primary N) is 1. The van der Waals surface area contributed by atoms with Crippen molar-refractivity contribution < 1.29 is 0 Å². The number of thiocarbonyl (C=S) groups is 1. The molecule has 104 valence electrons. The van der Waals surface area contributed by atoms with Crippen molar-refractivity contribution in [2.75, 3.05) is 11.4 Å². The fourth-order valence-electron chi connectivity index (χ4n) is 2.10. The predicted octanol–water partition coefficient (Wildman–Crippen LogP) is 3.68. The van der Waals surface area contributed by atoms with Gasteiger partial charge in [-0.15, -0.1) is 0 Å². The summed E-state index contributed by atoms with van der Waals surface area (Å²) in [5.41, 5.74) is 9.41. The highest BCUT2D eigenvalue weighted by molar-refractivity contribution is 7.80. The molecule has 0 aliphatic rings. The van der Waals surface area contributed by atoms with Gasteiger partial charge in [-0.1, -0.05) is 60.2 Å². The third-order valence-corrected chi connectivity index (χ3v) is 3.45. The van der Waals surface area contributed by atoms with E-state index in [0.717, 1.165) is 19.5 Å². The molecule has 0 amide bonds. The number of anilines is 1. The Morgan fingerprint density at radius 1 is 1.05 bits per heavy atom. The average Bonchev–Trinajstić information content (AvgIpc) is 2.46. The summed E-state index contributed by atoms with van der Waals surface area (Å²) in [7, 11) is 0. The van der Waals surface area contributed by atoms with Gasteiger partial charge in [0.05, 0.1) is 4.99 Å². The number of benzene rings is 2. The Balaban J connectivity index is 2.13. The third-order valence-electron chi connectivity index (χ3n) is 3.24. The summed E-state index contributed by atoms with van der Waals surface area (Å²) in [6.07, 6.45) is 0.732. The standard InChI is InChI=1S/C17H20N2S/c1-14-7-9-15(10-8-14)13-19(12-11-17(18)20)16-5-3-2-4-6-16/h2-10H,11-13H2,1H3,(H2,18,20). The molecule has 0 aromatic heterocycles. The van der Waals surface area contributed by atoms with Crippen LogP contribution in [0.5, 0.6) is 0 Å². The molecule has 0 aliphatic heterocycles. The SMILES string of the molecule is Cc1ccc(CN(CCC(N)=S)c2ccccc2)cc1. The first kappa shape index (κ1) is 14.5. The lowest BCUT2D eigenvalue weighted by molar-refractivity contribution is 0.806. The van der Waals surface area contributed by atoms with Crippen LogP contribution < -0.4 is 10.6 Å². The van der Waals surface area contributed by atoms with Crippen LogP contribution in [-0.4, -0.2) is 11.5 Å². The van der Waals surface area contributed by atoms with Crippen molar-refractivity contribution in [2.24, 2.45) is 5.73 Å². The van der Waals surface area contributed by atoms with Gasteiger partial charge in [-0.25, -0.2) is 0 Å². The lowest BCUT2D eigenvalue weighted by atomic mass is 10.1. The van der Waals surface area contributed by atoms with Crippen molar-refractivity contribution in [1.82, 2.24) is 0 Å². The Labute approximate surface area is 126 Å². The lowest BCUT2D eigenvalue weighted by Gasteiger charge is -2.25. The van der Waals surface area contributed by atoms with E-state index in [4.69, 9.17) is 18.0 Å². The number of hydrogen-bond acceptors (Lipinski definition) is 2. The second-order valence-corrected chi connectivity index (χ2v) is 5.48. The van der Waals surface area contributed by atoms with Crippen LogP contribution in [0, 0.1) is 6.92 Å². The molecule has 0 aliphatic carbocycles. The predicted molar refractivity (Wildman–Crippen MR) is 90.1 cm³/mol. The van der Waals surface area contributed by atoms with Crippen molar-refractivity contribution in [3.63, 3.8) is 0 Å². The molecule has 0 atom stereocenters. The van der Waals surface area contributed by atoms with Crippen LogP contribution >= 0.6 is 12.2 Å². The second-order valence-electron chi connectivity index (χ2n) is 4.96. The van der Waals surface area contributed by atoms with Crippen LogP contribution in [0.4, 0.5) is 5.69 Å². The molecule has 2 aromatic carbocycles. The normalized spacial score (nSPS) is 10.2. The van der Waals surface area contributed by atoms with Gasteiger partial charge >= 0.3 is 0 Å². The van der Waals surface area contributed by atoms with Crippen LogP contribution in [0.15, 0.2) is 54.6 Å². The highest BCUT2D eigenvalue weighted by Gasteiger charge is 2.07. The average molecular weight is 284 g/mol. The van der Waals surface area contributed by atoms with Gasteiger partial charge in [0, 0.05) is 25.2 Å². The van der Waals surface area contributed by atoms with Gasteiger partial charge in [0.1, 0.15) is 0 Å². The van der Waals surface area contributed by atoms with Gasteiger partial charge in [0.2, 0.25) is 0 Å². The van der Waals surface area contributed by atoms with Crippen LogP contribution in [0.1, 0.15) is 17.5 Å². The molecule has 0 unspecified atom stereocenters. The molecule has 20 heavy (non-hydrogen) atoms. The Hall–Kier alpha value is -1.87. The van der Waals surface area contributed by atoms with Crippen LogP contribution in [0.3, 0.4) is 0 Å². The van der Waals surface area contributed by atoms with Gasteiger partial charge in [-0.2, -0.15) is 0 Å². The molecule has 2 rings (SSSR count). The zero-order valence-corrected chi connectivity index (χ0v) is 12.6.